The van der Waals surface area contributed by atoms with Crippen molar-refractivity contribution in [3.05, 3.63) is 106 Å². The van der Waals surface area contributed by atoms with Crippen LogP contribution >= 0.6 is 0 Å². The zero-order valence-corrected chi connectivity index (χ0v) is 18.8. The highest BCUT2D eigenvalue weighted by Crippen LogP contribution is 2.20. The first kappa shape index (κ1) is 21.3. The monoisotopic (exact) mass is 425 g/mol. The lowest BCUT2D eigenvalue weighted by atomic mass is 10.2. The van der Waals surface area contributed by atoms with Crippen LogP contribution in [0.4, 0.5) is 0 Å². The van der Waals surface area contributed by atoms with Crippen LogP contribution in [-0.4, -0.2) is 26.5 Å². The van der Waals surface area contributed by atoms with Crippen molar-refractivity contribution >= 4 is 12.1 Å². The molecule has 6 heteroatoms. The summed E-state index contributed by atoms with van der Waals surface area (Å²) in [5.41, 5.74) is 10.2. The van der Waals surface area contributed by atoms with E-state index in [9.17, 15) is 4.79 Å². The highest BCUT2D eigenvalue weighted by molar-refractivity contribution is 5.96. The first-order valence-corrected chi connectivity index (χ1v) is 10.6. The minimum absolute atomic E-state index is 0.233. The van der Waals surface area contributed by atoms with Crippen LogP contribution in [0.2, 0.25) is 0 Å². The summed E-state index contributed by atoms with van der Waals surface area (Å²) in [5.74, 6) is -0.233. The zero-order chi connectivity index (χ0) is 22.7. The largest absolute Gasteiger partial charge is 0.318 e. The first-order chi connectivity index (χ1) is 15.5. The second kappa shape index (κ2) is 9.06. The Morgan fingerprint density at radius 3 is 2.31 bits per heavy atom. The van der Waals surface area contributed by atoms with Gasteiger partial charge in [-0.25, -0.2) is 5.43 Å². The molecule has 2 aromatic carbocycles. The number of aryl methyl sites for hydroxylation is 2. The summed E-state index contributed by atoms with van der Waals surface area (Å²) in [4.78, 5) is 12.8. The molecule has 0 bridgehead atoms. The molecule has 0 saturated heterocycles. The Labute approximate surface area is 188 Å². The SMILES string of the molecule is Cc1nn(Cc2ccccc2)c(C)c1C=NNC(=O)c1cc(C)n(-c2ccccc2)c1C. The fourth-order valence-corrected chi connectivity index (χ4v) is 3.99. The summed E-state index contributed by atoms with van der Waals surface area (Å²) in [6.45, 7) is 8.60. The number of carbonyl (C=O) groups is 1. The number of carbonyl (C=O) groups excluding carboxylic acids is 1. The van der Waals surface area contributed by atoms with E-state index < -0.39 is 0 Å². The van der Waals surface area contributed by atoms with E-state index >= 15 is 0 Å². The molecule has 4 aromatic rings. The fraction of sp³-hybridized carbons (Fsp3) is 0.192. The smallest absolute Gasteiger partial charge is 0.273 e. The lowest BCUT2D eigenvalue weighted by Crippen LogP contribution is -2.18. The van der Waals surface area contributed by atoms with E-state index in [4.69, 9.17) is 0 Å². The number of hydrazone groups is 1. The van der Waals surface area contributed by atoms with Gasteiger partial charge in [0.25, 0.3) is 5.91 Å². The van der Waals surface area contributed by atoms with Crippen molar-refractivity contribution in [1.82, 2.24) is 19.8 Å². The van der Waals surface area contributed by atoms with E-state index in [1.54, 1.807) is 6.21 Å². The van der Waals surface area contributed by atoms with Crippen LogP contribution in [0.15, 0.2) is 71.8 Å². The maximum Gasteiger partial charge on any atom is 0.273 e. The number of aromatic nitrogens is 3. The summed E-state index contributed by atoms with van der Waals surface area (Å²) >= 11 is 0. The topological polar surface area (TPSA) is 64.2 Å². The molecule has 0 aliphatic heterocycles. The van der Waals surface area contributed by atoms with E-state index in [2.05, 4.69) is 32.3 Å². The number of nitrogens with zero attached hydrogens (tertiary/aromatic N) is 4. The number of amides is 1. The normalized spacial score (nSPS) is 11.2. The molecule has 162 valence electrons. The summed E-state index contributed by atoms with van der Waals surface area (Å²) in [7, 11) is 0. The minimum atomic E-state index is -0.233. The number of hydrogen-bond donors (Lipinski definition) is 1. The molecule has 1 N–H and O–H groups in total. The third-order valence-corrected chi connectivity index (χ3v) is 5.66. The Balaban J connectivity index is 1.50. The van der Waals surface area contributed by atoms with Gasteiger partial charge in [-0.15, -0.1) is 0 Å². The first-order valence-electron chi connectivity index (χ1n) is 10.6. The van der Waals surface area contributed by atoms with E-state index in [1.165, 1.54) is 5.56 Å². The number of nitrogens with one attached hydrogen (secondary N) is 1. The molecule has 2 heterocycles. The van der Waals surface area contributed by atoms with Gasteiger partial charge in [0.15, 0.2) is 0 Å². The average Bonchev–Trinajstić information content (AvgIpc) is 3.24. The Morgan fingerprint density at radius 1 is 0.969 bits per heavy atom. The van der Waals surface area contributed by atoms with Gasteiger partial charge in [0.1, 0.15) is 0 Å². The Bertz CT molecular complexity index is 1270. The van der Waals surface area contributed by atoms with Gasteiger partial charge >= 0.3 is 0 Å². The van der Waals surface area contributed by atoms with Crippen LogP contribution in [0.25, 0.3) is 5.69 Å². The molecular formula is C26H27N5O. The molecule has 0 aliphatic rings. The summed E-state index contributed by atoms with van der Waals surface area (Å²) in [6, 6.07) is 22.1. The maximum atomic E-state index is 12.8. The summed E-state index contributed by atoms with van der Waals surface area (Å²) in [6.07, 6.45) is 1.67. The quantitative estimate of drug-likeness (QED) is 0.359. The average molecular weight is 426 g/mol. The Kier molecular flexibility index (Phi) is 6.03. The van der Waals surface area contributed by atoms with Gasteiger partial charge in [0.05, 0.1) is 24.0 Å². The molecule has 0 aliphatic carbocycles. The van der Waals surface area contributed by atoms with Crippen molar-refractivity contribution in [2.45, 2.75) is 34.2 Å². The van der Waals surface area contributed by atoms with Gasteiger partial charge in [-0.1, -0.05) is 48.5 Å². The lowest BCUT2D eigenvalue weighted by Gasteiger charge is -2.09. The van der Waals surface area contributed by atoms with Gasteiger partial charge in [0.2, 0.25) is 0 Å². The van der Waals surface area contributed by atoms with Crippen molar-refractivity contribution in [2.75, 3.05) is 0 Å². The lowest BCUT2D eigenvalue weighted by molar-refractivity contribution is 0.0954. The molecular weight excluding hydrogens is 398 g/mol. The summed E-state index contributed by atoms with van der Waals surface area (Å²) in [5, 5.41) is 8.86. The molecule has 0 atom stereocenters. The number of hydrogen-bond acceptors (Lipinski definition) is 3. The highest BCUT2D eigenvalue weighted by Gasteiger charge is 2.16. The molecule has 32 heavy (non-hydrogen) atoms. The van der Waals surface area contributed by atoms with Crippen LogP contribution in [0.5, 0.6) is 0 Å². The molecule has 0 unspecified atom stereocenters. The second-order valence-corrected chi connectivity index (χ2v) is 7.88. The standard InChI is InChI=1S/C26H27N5O/c1-18-15-24(21(4)31(18)23-13-9-6-10-14-23)26(32)28-27-16-25-19(2)29-30(20(25)3)17-22-11-7-5-8-12-22/h5-16H,17H2,1-4H3,(H,28,32). The van der Waals surface area contributed by atoms with Gasteiger partial charge in [0, 0.05) is 28.3 Å². The Hall–Kier alpha value is -3.93. The fourth-order valence-electron chi connectivity index (χ4n) is 3.99. The summed E-state index contributed by atoms with van der Waals surface area (Å²) < 4.78 is 4.03. The second-order valence-electron chi connectivity index (χ2n) is 7.88. The van der Waals surface area contributed by atoms with Gasteiger partial charge in [-0.05, 0) is 51.5 Å². The van der Waals surface area contributed by atoms with E-state index in [0.29, 0.717) is 12.1 Å². The van der Waals surface area contributed by atoms with E-state index in [-0.39, 0.29) is 5.91 Å². The molecule has 1 amide bonds. The van der Waals surface area contributed by atoms with Crippen LogP contribution in [0.1, 0.15) is 44.3 Å². The molecule has 0 radical (unpaired) electrons. The minimum Gasteiger partial charge on any atom is -0.318 e. The van der Waals surface area contributed by atoms with Crippen molar-refractivity contribution in [3.8, 4) is 5.69 Å². The van der Waals surface area contributed by atoms with Crippen molar-refractivity contribution in [1.29, 1.82) is 0 Å². The third-order valence-electron chi connectivity index (χ3n) is 5.66. The predicted molar refractivity (Wildman–Crippen MR) is 128 cm³/mol. The van der Waals surface area contributed by atoms with Gasteiger partial charge in [-0.3, -0.25) is 9.48 Å². The van der Waals surface area contributed by atoms with E-state index in [1.807, 2.05) is 87.0 Å². The van der Waals surface area contributed by atoms with Crippen molar-refractivity contribution in [2.24, 2.45) is 5.10 Å². The van der Waals surface area contributed by atoms with Crippen LogP contribution < -0.4 is 5.43 Å². The molecule has 0 fully saturated rings. The molecule has 6 nitrogen and oxygen atoms in total. The van der Waals surface area contributed by atoms with Crippen molar-refractivity contribution < 1.29 is 4.79 Å². The highest BCUT2D eigenvalue weighted by atomic mass is 16.2. The zero-order valence-electron chi connectivity index (χ0n) is 18.8. The van der Waals surface area contributed by atoms with Crippen LogP contribution in [0, 0.1) is 27.7 Å². The Morgan fingerprint density at radius 2 is 1.62 bits per heavy atom. The number of para-hydroxylation sites is 1. The molecule has 0 saturated carbocycles. The van der Waals surface area contributed by atoms with Gasteiger partial charge in [-0.2, -0.15) is 10.2 Å². The van der Waals surface area contributed by atoms with Crippen LogP contribution in [-0.2, 0) is 6.54 Å². The van der Waals surface area contributed by atoms with E-state index in [0.717, 1.165) is 34.0 Å². The van der Waals surface area contributed by atoms with Crippen LogP contribution in [0.3, 0.4) is 0 Å². The third kappa shape index (κ3) is 4.25. The molecule has 4 rings (SSSR count). The molecule has 2 aromatic heterocycles. The number of rotatable bonds is 6. The molecule has 0 spiro atoms. The number of benzene rings is 2. The van der Waals surface area contributed by atoms with Crippen molar-refractivity contribution in [3.63, 3.8) is 0 Å². The predicted octanol–water partition coefficient (Wildman–Crippen LogP) is 4.72. The van der Waals surface area contributed by atoms with Gasteiger partial charge < -0.3 is 4.57 Å². The maximum absolute atomic E-state index is 12.8.